The highest BCUT2D eigenvalue weighted by molar-refractivity contribution is 5.99. The van der Waals surface area contributed by atoms with Gasteiger partial charge in [0.05, 0.1) is 19.3 Å². The van der Waals surface area contributed by atoms with Crippen molar-refractivity contribution in [2.24, 2.45) is 0 Å². The highest BCUT2D eigenvalue weighted by Crippen LogP contribution is 2.28. The summed E-state index contributed by atoms with van der Waals surface area (Å²) >= 11 is 0. The van der Waals surface area contributed by atoms with E-state index in [1.54, 1.807) is 18.2 Å². The van der Waals surface area contributed by atoms with Crippen molar-refractivity contribution in [2.45, 2.75) is 20.0 Å². The molecule has 6 nitrogen and oxygen atoms in total. The van der Waals surface area contributed by atoms with Crippen LogP contribution >= 0.6 is 0 Å². The molecule has 0 bridgehead atoms. The lowest BCUT2D eigenvalue weighted by molar-refractivity contribution is -0.123. The van der Waals surface area contributed by atoms with Crippen molar-refractivity contribution < 1.29 is 23.8 Å². The van der Waals surface area contributed by atoms with Crippen LogP contribution in [-0.4, -0.2) is 31.7 Å². The summed E-state index contributed by atoms with van der Waals surface area (Å²) in [5.41, 5.74) is 0.916. The molecule has 0 radical (unpaired) electrons. The number of amides is 1. The zero-order valence-corrected chi connectivity index (χ0v) is 16.6. The van der Waals surface area contributed by atoms with E-state index < -0.39 is 18.0 Å². The van der Waals surface area contributed by atoms with Crippen LogP contribution in [-0.2, 0) is 9.53 Å². The van der Waals surface area contributed by atoms with Crippen LogP contribution in [0.3, 0.4) is 0 Å². The van der Waals surface area contributed by atoms with Gasteiger partial charge in [0, 0.05) is 5.69 Å². The molecular formula is C23H23NO5. The Bertz CT molecular complexity index is 1030. The van der Waals surface area contributed by atoms with E-state index in [4.69, 9.17) is 14.2 Å². The number of esters is 1. The minimum atomic E-state index is -0.966. The molecule has 0 saturated heterocycles. The number of ether oxygens (including phenoxy) is 3. The van der Waals surface area contributed by atoms with Crippen LogP contribution in [0.1, 0.15) is 24.2 Å². The number of nitrogens with one attached hydrogen (secondary N) is 1. The largest absolute Gasteiger partial charge is 0.493 e. The summed E-state index contributed by atoms with van der Waals surface area (Å²) < 4.78 is 16.0. The first kappa shape index (κ1) is 20.2. The molecule has 3 aromatic carbocycles. The molecule has 3 aromatic rings. The Morgan fingerprint density at radius 1 is 0.966 bits per heavy atom. The number of fused-ring (bicyclic) bond motifs is 1. The summed E-state index contributed by atoms with van der Waals surface area (Å²) in [6, 6.07) is 18.2. The zero-order chi connectivity index (χ0) is 20.8. The van der Waals surface area contributed by atoms with Crippen LogP contribution in [0, 0.1) is 0 Å². The second-order valence-electron chi connectivity index (χ2n) is 6.40. The fourth-order valence-electron chi connectivity index (χ4n) is 2.87. The molecule has 0 fully saturated rings. The molecule has 0 aromatic heterocycles. The lowest BCUT2D eigenvalue weighted by Crippen LogP contribution is -2.30. The van der Waals surface area contributed by atoms with Gasteiger partial charge in [0.2, 0.25) is 0 Å². The first-order valence-corrected chi connectivity index (χ1v) is 9.33. The Kier molecular flexibility index (Phi) is 6.34. The van der Waals surface area contributed by atoms with Crippen LogP contribution in [0.5, 0.6) is 11.5 Å². The Balaban J connectivity index is 1.66. The third kappa shape index (κ3) is 4.85. The fourth-order valence-corrected chi connectivity index (χ4v) is 2.87. The van der Waals surface area contributed by atoms with Crippen molar-refractivity contribution in [3.8, 4) is 11.5 Å². The maximum atomic E-state index is 12.5. The van der Waals surface area contributed by atoms with Crippen molar-refractivity contribution in [1.82, 2.24) is 0 Å². The molecule has 0 spiro atoms. The number of hydrogen-bond acceptors (Lipinski definition) is 5. The lowest BCUT2D eigenvalue weighted by Gasteiger charge is -2.15. The minimum Gasteiger partial charge on any atom is -0.493 e. The van der Waals surface area contributed by atoms with Crippen LogP contribution in [0.2, 0.25) is 0 Å². The van der Waals surface area contributed by atoms with Crippen molar-refractivity contribution >= 4 is 28.3 Å². The Morgan fingerprint density at radius 2 is 1.72 bits per heavy atom. The van der Waals surface area contributed by atoms with E-state index in [9.17, 15) is 9.59 Å². The summed E-state index contributed by atoms with van der Waals surface area (Å²) in [6.07, 6.45) is -0.966. The number of rotatable bonds is 7. The van der Waals surface area contributed by atoms with Gasteiger partial charge in [0.25, 0.3) is 5.91 Å². The second-order valence-corrected chi connectivity index (χ2v) is 6.40. The fraction of sp³-hybridized carbons (Fsp3) is 0.217. The monoisotopic (exact) mass is 393 g/mol. The third-order valence-corrected chi connectivity index (χ3v) is 4.37. The van der Waals surface area contributed by atoms with Gasteiger partial charge in [-0.05, 0) is 55.0 Å². The standard InChI is InChI=1S/C23H23NO5/c1-4-28-21-14-18(10-12-20(21)27-3)23(26)29-15(2)22(25)24-19-11-9-16-7-5-6-8-17(16)13-19/h5-15H,4H2,1-3H3,(H,24,25)/t15-/m1/s1. The molecule has 6 heteroatoms. The van der Waals surface area contributed by atoms with Gasteiger partial charge >= 0.3 is 5.97 Å². The quantitative estimate of drug-likeness (QED) is 0.601. The normalized spacial score (nSPS) is 11.6. The van der Waals surface area contributed by atoms with Crippen LogP contribution in [0.25, 0.3) is 10.8 Å². The van der Waals surface area contributed by atoms with E-state index in [1.165, 1.54) is 14.0 Å². The zero-order valence-electron chi connectivity index (χ0n) is 16.6. The maximum absolute atomic E-state index is 12.5. The van der Waals surface area contributed by atoms with E-state index in [0.29, 0.717) is 23.8 Å². The van der Waals surface area contributed by atoms with Crippen molar-refractivity contribution in [3.05, 3.63) is 66.2 Å². The molecule has 0 saturated carbocycles. The second kappa shape index (κ2) is 9.10. The summed E-state index contributed by atoms with van der Waals surface area (Å²) in [6.45, 7) is 3.80. The van der Waals surface area contributed by atoms with Crippen molar-refractivity contribution in [3.63, 3.8) is 0 Å². The van der Waals surface area contributed by atoms with E-state index in [1.807, 2.05) is 49.4 Å². The lowest BCUT2D eigenvalue weighted by atomic mass is 10.1. The van der Waals surface area contributed by atoms with Gasteiger partial charge < -0.3 is 19.5 Å². The summed E-state index contributed by atoms with van der Waals surface area (Å²) in [4.78, 5) is 24.9. The molecular weight excluding hydrogens is 370 g/mol. The molecule has 150 valence electrons. The van der Waals surface area contributed by atoms with Gasteiger partial charge in [-0.2, -0.15) is 0 Å². The number of methoxy groups -OCH3 is 1. The Labute approximate surface area is 169 Å². The smallest absolute Gasteiger partial charge is 0.339 e. The van der Waals surface area contributed by atoms with Crippen molar-refractivity contribution in [2.75, 3.05) is 19.0 Å². The molecule has 0 heterocycles. The maximum Gasteiger partial charge on any atom is 0.339 e. The molecule has 0 aliphatic rings. The van der Waals surface area contributed by atoms with Gasteiger partial charge in [-0.3, -0.25) is 4.79 Å². The SMILES string of the molecule is CCOc1cc(C(=O)O[C@H](C)C(=O)Nc2ccc3ccccc3c2)ccc1OC. The minimum absolute atomic E-state index is 0.277. The number of hydrogen-bond donors (Lipinski definition) is 1. The van der Waals surface area contributed by atoms with Crippen LogP contribution < -0.4 is 14.8 Å². The number of carbonyl (C=O) groups is 2. The predicted molar refractivity (Wildman–Crippen MR) is 112 cm³/mol. The Hall–Kier alpha value is -3.54. The van der Waals surface area contributed by atoms with E-state index >= 15 is 0 Å². The number of benzene rings is 3. The van der Waals surface area contributed by atoms with E-state index in [2.05, 4.69) is 5.32 Å². The molecule has 29 heavy (non-hydrogen) atoms. The van der Waals surface area contributed by atoms with Crippen molar-refractivity contribution in [1.29, 1.82) is 0 Å². The molecule has 0 aliphatic heterocycles. The van der Waals surface area contributed by atoms with Crippen LogP contribution in [0.15, 0.2) is 60.7 Å². The average molecular weight is 393 g/mol. The van der Waals surface area contributed by atoms with Gasteiger partial charge in [-0.1, -0.05) is 30.3 Å². The molecule has 1 amide bonds. The Morgan fingerprint density at radius 3 is 2.45 bits per heavy atom. The highest BCUT2D eigenvalue weighted by Gasteiger charge is 2.20. The summed E-state index contributed by atoms with van der Waals surface area (Å²) in [7, 11) is 1.52. The van der Waals surface area contributed by atoms with Gasteiger partial charge in [0.1, 0.15) is 0 Å². The number of carbonyl (C=O) groups excluding carboxylic acids is 2. The third-order valence-electron chi connectivity index (χ3n) is 4.37. The summed E-state index contributed by atoms with van der Waals surface area (Å²) in [5, 5.41) is 4.87. The summed E-state index contributed by atoms with van der Waals surface area (Å²) in [5.74, 6) is -0.0647. The van der Waals surface area contributed by atoms with E-state index in [-0.39, 0.29) is 5.56 Å². The first-order chi connectivity index (χ1) is 14.0. The molecule has 0 aliphatic carbocycles. The number of anilines is 1. The topological polar surface area (TPSA) is 73.9 Å². The van der Waals surface area contributed by atoms with Gasteiger partial charge in [0.15, 0.2) is 17.6 Å². The predicted octanol–water partition coefficient (Wildman–Crippen LogP) is 4.43. The molecule has 1 atom stereocenters. The van der Waals surface area contributed by atoms with Crippen LogP contribution in [0.4, 0.5) is 5.69 Å². The van der Waals surface area contributed by atoms with E-state index in [0.717, 1.165) is 10.8 Å². The van der Waals surface area contributed by atoms with Gasteiger partial charge in [-0.15, -0.1) is 0 Å². The highest BCUT2D eigenvalue weighted by atomic mass is 16.5. The molecule has 0 unspecified atom stereocenters. The van der Waals surface area contributed by atoms with Gasteiger partial charge in [-0.25, -0.2) is 4.79 Å². The average Bonchev–Trinajstić information content (AvgIpc) is 2.73. The molecule has 3 rings (SSSR count). The first-order valence-electron chi connectivity index (χ1n) is 9.33. The molecule has 1 N–H and O–H groups in total.